The van der Waals surface area contributed by atoms with Crippen LogP contribution in [-0.4, -0.2) is 73.0 Å². The van der Waals surface area contributed by atoms with Gasteiger partial charge in [0.15, 0.2) is 0 Å². The van der Waals surface area contributed by atoms with E-state index >= 15 is 0 Å². The van der Waals surface area contributed by atoms with Gasteiger partial charge in [0, 0.05) is 44.1 Å². The maximum absolute atomic E-state index is 13.7. The molecule has 0 fully saturated rings. The number of carbonyl (C=O) groups is 2. The summed E-state index contributed by atoms with van der Waals surface area (Å²) in [7, 11) is 1.61. The van der Waals surface area contributed by atoms with Crippen LogP contribution in [-0.2, 0) is 33.7 Å². The summed E-state index contributed by atoms with van der Waals surface area (Å²) in [6.07, 6.45) is 4.02. The molecule has 1 aliphatic heterocycles. The minimum Gasteiger partial charge on any atom is -0.480 e. The van der Waals surface area contributed by atoms with Gasteiger partial charge in [-0.2, -0.15) is 0 Å². The number of carboxylic acids is 1. The van der Waals surface area contributed by atoms with Crippen molar-refractivity contribution in [2.24, 2.45) is 0 Å². The van der Waals surface area contributed by atoms with Gasteiger partial charge in [-0.05, 0) is 68.8 Å². The lowest BCUT2D eigenvalue weighted by molar-refractivity contribution is -0.139. The normalized spacial score (nSPS) is 13.5. The summed E-state index contributed by atoms with van der Waals surface area (Å²) >= 11 is 0. The van der Waals surface area contributed by atoms with E-state index in [0.717, 1.165) is 62.8 Å². The van der Waals surface area contributed by atoms with Crippen LogP contribution in [0.1, 0.15) is 42.5 Å². The molecule has 0 radical (unpaired) electrons. The zero-order valence-corrected chi connectivity index (χ0v) is 21.7. The Hall–Kier alpha value is -3.31. The highest BCUT2D eigenvalue weighted by molar-refractivity contribution is 5.79. The third kappa shape index (κ3) is 9.53. The van der Waals surface area contributed by atoms with E-state index in [-0.39, 0.29) is 12.0 Å². The van der Waals surface area contributed by atoms with Crippen LogP contribution in [0.3, 0.4) is 0 Å². The van der Waals surface area contributed by atoms with E-state index in [0.29, 0.717) is 25.8 Å². The molecule has 0 bridgehead atoms. The number of rotatable bonds is 15. The molecule has 1 atom stereocenters. The average Bonchev–Trinajstić information content (AvgIpc) is 2.90. The van der Waals surface area contributed by atoms with Gasteiger partial charge in [0.2, 0.25) is 0 Å². The zero-order valence-electron chi connectivity index (χ0n) is 21.7. The molecule has 1 aromatic carbocycles. The quantitative estimate of drug-likeness (QED) is 0.296. The Bertz CT molecular complexity index is 1070. The molecule has 1 aliphatic rings. The highest BCUT2D eigenvalue weighted by Gasteiger charge is 2.22. The first kappa shape index (κ1) is 29.2. The van der Waals surface area contributed by atoms with Crippen molar-refractivity contribution in [1.29, 1.82) is 0 Å². The van der Waals surface area contributed by atoms with E-state index in [1.165, 1.54) is 11.6 Å². The van der Waals surface area contributed by atoms with E-state index in [2.05, 4.69) is 27.7 Å². The molecule has 0 saturated heterocycles. The molecule has 38 heavy (non-hydrogen) atoms. The van der Waals surface area contributed by atoms with Crippen molar-refractivity contribution in [2.75, 3.05) is 45.2 Å². The molecule has 3 rings (SSSR count). The zero-order chi connectivity index (χ0) is 27.3. The highest BCUT2D eigenvalue weighted by Crippen LogP contribution is 2.20. The molecule has 1 amide bonds. The summed E-state index contributed by atoms with van der Waals surface area (Å²) in [5, 5.41) is 15.2. The standard InChI is InChI=1S/C27H36F2N4O5/c1-37-16-15-33(13-3-2-6-22-10-8-19-5-4-12-30-25(19)31-22)14-11-24(26(34)35)32-27(36)38-18-20-7-9-21(28)17-23(20)29/h7-10,17,24H,2-6,11-16,18H2,1H3,(H,30,31)(H,32,36)(H,34,35). The highest BCUT2D eigenvalue weighted by atomic mass is 19.1. The Morgan fingerprint density at radius 2 is 2.03 bits per heavy atom. The number of carboxylic acid groups (broad SMARTS) is 1. The molecule has 1 aromatic heterocycles. The number of methoxy groups -OCH3 is 1. The number of nitrogens with zero attached hydrogens (tertiary/aromatic N) is 2. The summed E-state index contributed by atoms with van der Waals surface area (Å²) < 4.78 is 36.9. The van der Waals surface area contributed by atoms with Crippen molar-refractivity contribution in [1.82, 2.24) is 15.2 Å². The number of aromatic nitrogens is 1. The van der Waals surface area contributed by atoms with Gasteiger partial charge in [-0.3, -0.25) is 0 Å². The third-order valence-corrected chi connectivity index (χ3v) is 6.42. The number of halogens is 2. The molecule has 0 spiro atoms. The second-order valence-corrected chi connectivity index (χ2v) is 9.27. The van der Waals surface area contributed by atoms with E-state index in [1.54, 1.807) is 7.11 Å². The summed E-state index contributed by atoms with van der Waals surface area (Å²) in [5.41, 5.74) is 2.30. The fourth-order valence-electron chi connectivity index (χ4n) is 4.24. The Balaban J connectivity index is 1.43. The summed E-state index contributed by atoms with van der Waals surface area (Å²) in [6.45, 7) is 2.79. The van der Waals surface area contributed by atoms with Crippen LogP contribution >= 0.6 is 0 Å². The number of anilines is 1. The Labute approximate surface area is 221 Å². The molecule has 2 heterocycles. The smallest absolute Gasteiger partial charge is 0.408 e. The molecule has 0 saturated carbocycles. The molecule has 0 aliphatic carbocycles. The van der Waals surface area contributed by atoms with Crippen molar-refractivity contribution >= 4 is 17.9 Å². The van der Waals surface area contributed by atoms with E-state index < -0.39 is 36.3 Å². The Kier molecular flexibility index (Phi) is 11.7. The molecule has 1 unspecified atom stereocenters. The van der Waals surface area contributed by atoms with Crippen molar-refractivity contribution in [2.45, 2.75) is 51.2 Å². The SMILES string of the molecule is COCCN(CCCCc1ccc2c(n1)NCCC2)CCC(NC(=O)OCc1ccc(F)cc1F)C(=O)O. The number of ether oxygens (including phenoxy) is 2. The summed E-state index contributed by atoms with van der Waals surface area (Å²) in [4.78, 5) is 30.7. The number of hydrogen-bond donors (Lipinski definition) is 3. The van der Waals surface area contributed by atoms with Gasteiger partial charge in [0.25, 0.3) is 0 Å². The van der Waals surface area contributed by atoms with Gasteiger partial charge in [-0.1, -0.05) is 6.07 Å². The van der Waals surface area contributed by atoms with Crippen LogP contribution in [0.15, 0.2) is 30.3 Å². The molecule has 11 heteroatoms. The average molecular weight is 535 g/mol. The predicted molar refractivity (Wildman–Crippen MR) is 138 cm³/mol. The van der Waals surface area contributed by atoms with Crippen LogP contribution in [0, 0.1) is 11.6 Å². The van der Waals surface area contributed by atoms with Crippen molar-refractivity contribution in [3.63, 3.8) is 0 Å². The number of amides is 1. The van der Waals surface area contributed by atoms with E-state index in [1.807, 2.05) is 0 Å². The van der Waals surface area contributed by atoms with Crippen molar-refractivity contribution in [3.05, 3.63) is 58.8 Å². The maximum atomic E-state index is 13.7. The molecule has 3 N–H and O–H groups in total. The molecular formula is C27H36F2N4O5. The van der Waals surface area contributed by atoms with Gasteiger partial charge in [0.05, 0.1) is 6.61 Å². The number of alkyl carbamates (subject to hydrolysis) is 1. The van der Waals surface area contributed by atoms with Gasteiger partial charge in [-0.25, -0.2) is 23.4 Å². The number of nitrogens with one attached hydrogen (secondary N) is 2. The summed E-state index contributed by atoms with van der Waals surface area (Å²) in [6, 6.07) is 5.95. The first-order valence-electron chi connectivity index (χ1n) is 12.9. The lowest BCUT2D eigenvalue weighted by atomic mass is 10.1. The van der Waals surface area contributed by atoms with Gasteiger partial charge < -0.3 is 30.1 Å². The largest absolute Gasteiger partial charge is 0.480 e. The van der Waals surface area contributed by atoms with Crippen LogP contribution in [0.4, 0.5) is 19.4 Å². The van der Waals surface area contributed by atoms with Crippen LogP contribution in [0.25, 0.3) is 0 Å². The second kappa shape index (κ2) is 15.2. The maximum Gasteiger partial charge on any atom is 0.408 e. The fraction of sp³-hybridized carbons (Fsp3) is 0.519. The summed E-state index contributed by atoms with van der Waals surface area (Å²) in [5.74, 6) is -1.80. The number of carbonyl (C=O) groups excluding carboxylic acids is 1. The van der Waals surface area contributed by atoms with E-state index in [9.17, 15) is 23.5 Å². The lowest BCUT2D eigenvalue weighted by Crippen LogP contribution is -2.43. The lowest BCUT2D eigenvalue weighted by Gasteiger charge is -2.24. The molecule has 208 valence electrons. The van der Waals surface area contributed by atoms with Gasteiger partial charge >= 0.3 is 12.1 Å². The van der Waals surface area contributed by atoms with Crippen molar-refractivity contribution in [3.8, 4) is 0 Å². The van der Waals surface area contributed by atoms with Gasteiger partial charge in [0.1, 0.15) is 30.1 Å². The fourth-order valence-corrected chi connectivity index (χ4v) is 4.24. The number of fused-ring (bicyclic) bond motifs is 1. The molecule has 2 aromatic rings. The molecule has 9 nitrogen and oxygen atoms in total. The number of hydrogen-bond acceptors (Lipinski definition) is 7. The van der Waals surface area contributed by atoms with Crippen LogP contribution in [0.2, 0.25) is 0 Å². The Morgan fingerprint density at radius 1 is 1.18 bits per heavy atom. The topological polar surface area (TPSA) is 113 Å². The third-order valence-electron chi connectivity index (χ3n) is 6.42. The van der Waals surface area contributed by atoms with Crippen LogP contribution < -0.4 is 10.6 Å². The first-order chi connectivity index (χ1) is 18.4. The van der Waals surface area contributed by atoms with Crippen LogP contribution in [0.5, 0.6) is 0 Å². The monoisotopic (exact) mass is 534 g/mol. The second-order valence-electron chi connectivity index (χ2n) is 9.27. The van der Waals surface area contributed by atoms with E-state index in [4.69, 9.17) is 14.5 Å². The number of benzene rings is 1. The van der Waals surface area contributed by atoms with Gasteiger partial charge in [-0.15, -0.1) is 0 Å². The predicted octanol–water partition coefficient (Wildman–Crippen LogP) is 3.76. The van der Waals surface area contributed by atoms with Crippen molar-refractivity contribution < 1.29 is 33.0 Å². The molecular weight excluding hydrogens is 498 g/mol. The first-order valence-corrected chi connectivity index (χ1v) is 12.9. The number of unbranched alkanes of at least 4 members (excludes halogenated alkanes) is 1. The number of aliphatic carboxylic acids is 1. The minimum absolute atomic E-state index is 0.0129. The number of aryl methyl sites for hydroxylation is 2. The number of pyridine rings is 1. The Morgan fingerprint density at radius 3 is 2.79 bits per heavy atom. The minimum atomic E-state index is -1.20.